The number of nitrogens with zero attached hydrogens (tertiary/aromatic N) is 1. The van der Waals surface area contributed by atoms with Crippen LogP contribution in [-0.2, 0) is 6.42 Å². The van der Waals surface area contributed by atoms with Gasteiger partial charge in [-0.05, 0) is 38.2 Å². The number of nitrogens with one attached hydrogen (secondary N) is 2. The van der Waals surface area contributed by atoms with Gasteiger partial charge < -0.3 is 15.5 Å². The Morgan fingerprint density at radius 1 is 1.28 bits per heavy atom. The Bertz CT molecular complexity index is 382. The van der Waals surface area contributed by atoms with Crippen LogP contribution in [0.1, 0.15) is 5.56 Å². The number of halogens is 1. The highest BCUT2D eigenvalue weighted by atomic mass is 79.9. The highest BCUT2D eigenvalue weighted by Gasteiger charge is 2.00. The Hall–Kier alpha value is -1.07. The SMILES string of the molecule is CN(C)CCNC(=O)NCCc1cccc(Br)c1. The first kappa shape index (κ1) is 15.0. The molecule has 0 unspecified atom stereocenters. The van der Waals surface area contributed by atoms with Gasteiger partial charge in [0.25, 0.3) is 0 Å². The molecular formula is C13H20BrN3O. The van der Waals surface area contributed by atoms with E-state index in [-0.39, 0.29) is 6.03 Å². The molecule has 2 amide bonds. The van der Waals surface area contributed by atoms with Crippen LogP contribution in [0.2, 0.25) is 0 Å². The number of rotatable bonds is 6. The largest absolute Gasteiger partial charge is 0.338 e. The molecule has 0 bridgehead atoms. The third kappa shape index (κ3) is 6.61. The molecule has 0 aliphatic carbocycles. The zero-order valence-electron chi connectivity index (χ0n) is 10.9. The molecule has 0 radical (unpaired) electrons. The molecule has 5 heteroatoms. The van der Waals surface area contributed by atoms with Crippen molar-refractivity contribution in [2.24, 2.45) is 0 Å². The second kappa shape index (κ2) is 8.11. The van der Waals surface area contributed by atoms with Gasteiger partial charge in [-0.15, -0.1) is 0 Å². The Balaban J connectivity index is 2.15. The van der Waals surface area contributed by atoms with E-state index in [1.807, 2.05) is 31.1 Å². The van der Waals surface area contributed by atoms with Gasteiger partial charge in [0, 0.05) is 24.1 Å². The van der Waals surface area contributed by atoms with E-state index < -0.39 is 0 Å². The number of carbonyl (C=O) groups is 1. The highest BCUT2D eigenvalue weighted by Crippen LogP contribution is 2.11. The fourth-order valence-corrected chi connectivity index (χ4v) is 1.92. The Labute approximate surface area is 117 Å². The molecule has 0 aliphatic heterocycles. The van der Waals surface area contributed by atoms with Gasteiger partial charge in [-0.3, -0.25) is 0 Å². The molecule has 0 aromatic heterocycles. The lowest BCUT2D eigenvalue weighted by atomic mass is 10.1. The number of hydrogen-bond donors (Lipinski definition) is 2. The van der Waals surface area contributed by atoms with E-state index in [4.69, 9.17) is 0 Å². The summed E-state index contributed by atoms with van der Waals surface area (Å²) >= 11 is 3.43. The third-order valence-electron chi connectivity index (χ3n) is 2.43. The number of urea groups is 1. The van der Waals surface area contributed by atoms with Crippen molar-refractivity contribution in [2.75, 3.05) is 33.7 Å². The van der Waals surface area contributed by atoms with Crippen LogP contribution in [0.4, 0.5) is 4.79 Å². The molecule has 0 heterocycles. The molecule has 100 valence electrons. The molecule has 1 rings (SSSR count). The lowest BCUT2D eigenvalue weighted by Crippen LogP contribution is -2.39. The molecule has 1 aromatic carbocycles. The van der Waals surface area contributed by atoms with E-state index >= 15 is 0 Å². The molecule has 2 N–H and O–H groups in total. The first-order chi connectivity index (χ1) is 8.58. The third-order valence-corrected chi connectivity index (χ3v) is 2.93. The van der Waals surface area contributed by atoms with Gasteiger partial charge in [-0.25, -0.2) is 4.79 Å². The van der Waals surface area contributed by atoms with Crippen molar-refractivity contribution in [2.45, 2.75) is 6.42 Å². The number of carbonyl (C=O) groups excluding carboxylic acids is 1. The molecule has 0 fully saturated rings. The van der Waals surface area contributed by atoms with Crippen molar-refractivity contribution >= 4 is 22.0 Å². The van der Waals surface area contributed by atoms with Crippen LogP contribution >= 0.6 is 15.9 Å². The van der Waals surface area contributed by atoms with E-state index in [9.17, 15) is 4.79 Å². The average Bonchev–Trinajstić information content (AvgIpc) is 2.28. The highest BCUT2D eigenvalue weighted by molar-refractivity contribution is 9.10. The van der Waals surface area contributed by atoms with Gasteiger partial charge in [0.1, 0.15) is 0 Å². The second-order valence-electron chi connectivity index (χ2n) is 4.37. The smallest absolute Gasteiger partial charge is 0.314 e. The van der Waals surface area contributed by atoms with Gasteiger partial charge in [0.2, 0.25) is 0 Å². The Kier molecular flexibility index (Phi) is 6.75. The average molecular weight is 314 g/mol. The number of benzene rings is 1. The normalized spacial score (nSPS) is 10.4. The molecule has 0 aliphatic rings. The zero-order valence-corrected chi connectivity index (χ0v) is 12.5. The van der Waals surface area contributed by atoms with Gasteiger partial charge in [0.05, 0.1) is 0 Å². The minimum atomic E-state index is -0.105. The Morgan fingerprint density at radius 3 is 2.67 bits per heavy atom. The van der Waals surface area contributed by atoms with Crippen LogP contribution in [0.25, 0.3) is 0 Å². The zero-order chi connectivity index (χ0) is 13.4. The van der Waals surface area contributed by atoms with Gasteiger partial charge >= 0.3 is 6.03 Å². The van der Waals surface area contributed by atoms with Gasteiger partial charge in [-0.2, -0.15) is 0 Å². The molecule has 0 saturated carbocycles. The number of likely N-dealkylation sites (N-methyl/N-ethyl adjacent to an activating group) is 1. The summed E-state index contributed by atoms with van der Waals surface area (Å²) in [5.41, 5.74) is 1.21. The van der Waals surface area contributed by atoms with Crippen molar-refractivity contribution in [3.63, 3.8) is 0 Å². The fourth-order valence-electron chi connectivity index (χ4n) is 1.47. The maximum atomic E-state index is 11.4. The minimum Gasteiger partial charge on any atom is -0.338 e. The van der Waals surface area contributed by atoms with Crippen LogP contribution in [0.5, 0.6) is 0 Å². The molecular weight excluding hydrogens is 294 g/mol. The van der Waals surface area contributed by atoms with Crippen LogP contribution in [-0.4, -0.2) is 44.7 Å². The molecule has 0 spiro atoms. The summed E-state index contributed by atoms with van der Waals surface area (Å²) in [7, 11) is 3.96. The predicted octanol–water partition coefficient (Wildman–Crippen LogP) is 1.85. The van der Waals surface area contributed by atoms with E-state index in [0.717, 1.165) is 17.4 Å². The molecule has 0 atom stereocenters. The maximum absolute atomic E-state index is 11.4. The number of amides is 2. The first-order valence-corrected chi connectivity index (χ1v) is 6.78. The van der Waals surface area contributed by atoms with Crippen LogP contribution < -0.4 is 10.6 Å². The lowest BCUT2D eigenvalue weighted by Gasteiger charge is -2.11. The summed E-state index contributed by atoms with van der Waals surface area (Å²) in [5.74, 6) is 0. The predicted molar refractivity (Wildman–Crippen MR) is 77.8 cm³/mol. The molecule has 0 saturated heterocycles. The fraction of sp³-hybridized carbons (Fsp3) is 0.462. The molecule has 4 nitrogen and oxygen atoms in total. The van der Waals surface area contributed by atoms with Gasteiger partial charge in [0.15, 0.2) is 0 Å². The maximum Gasteiger partial charge on any atom is 0.314 e. The summed E-state index contributed by atoms with van der Waals surface area (Å²) in [6.07, 6.45) is 0.834. The van der Waals surface area contributed by atoms with Crippen molar-refractivity contribution in [1.82, 2.24) is 15.5 Å². The molecule has 18 heavy (non-hydrogen) atoms. The van der Waals surface area contributed by atoms with E-state index in [2.05, 4.69) is 38.7 Å². The minimum absolute atomic E-state index is 0.105. The monoisotopic (exact) mass is 313 g/mol. The standard InChI is InChI=1S/C13H20BrN3O/c1-17(2)9-8-16-13(18)15-7-6-11-4-3-5-12(14)10-11/h3-5,10H,6-9H2,1-2H3,(H2,15,16,18). The Morgan fingerprint density at radius 2 is 2.00 bits per heavy atom. The van der Waals surface area contributed by atoms with Crippen molar-refractivity contribution < 1.29 is 4.79 Å². The van der Waals surface area contributed by atoms with Crippen LogP contribution in [0, 0.1) is 0 Å². The van der Waals surface area contributed by atoms with Crippen LogP contribution in [0.15, 0.2) is 28.7 Å². The lowest BCUT2D eigenvalue weighted by molar-refractivity contribution is 0.239. The van der Waals surface area contributed by atoms with E-state index in [1.165, 1.54) is 5.56 Å². The summed E-state index contributed by atoms with van der Waals surface area (Å²) < 4.78 is 1.07. The second-order valence-corrected chi connectivity index (χ2v) is 5.28. The topological polar surface area (TPSA) is 44.4 Å². The first-order valence-electron chi connectivity index (χ1n) is 5.99. The van der Waals surface area contributed by atoms with Crippen LogP contribution in [0.3, 0.4) is 0 Å². The van der Waals surface area contributed by atoms with E-state index in [1.54, 1.807) is 0 Å². The van der Waals surface area contributed by atoms with Crippen molar-refractivity contribution in [3.05, 3.63) is 34.3 Å². The van der Waals surface area contributed by atoms with Crippen molar-refractivity contribution in [1.29, 1.82) is 0 Å². The summed E-state index contributed by atoms with van der Waals surface area (Å²) in [4.78, 5) is 13.5. The van der Waals surface area contributed by atoms with E-state index in [0.29, 0.717) is 13.1 Å². The summed E-state index contributed by atoms with van der Waals surface area (Å²) in [5, 5.41) is 5.65. The van der Waals surface area contributed by atoms with Crippen molar-refractivity contribution in [3.8, 4) is 0 Å². The quantitative estimate of drug-likeness (QED) is 0.842. The summed E-state index contributed by atoms with van der Waals surface area (Å²) in [6, 6.07) is 8.00. The number of hydrogen-bond acceptors (Lipinski definition) is 2. The summed E-state index contributed by atoms with van der Waals surface area (Å²) in [6.45, 7) is 2.15. The molecule has 1 aromatic rings. The van der Waals surface area contributed by atoms with Gasteiger partial charge in [-0.1, -0.05) is 28.1 Å².